The van der Waals surface area contributed by atoms with Gasteiger partial charge in [-0.2, -0.15) is 0 Å². The maximum absolute atomic E-state index is 13.1. The Morgan fingerprint density at radius 1 is 0.800 bits per heavy atom. The monoisotopic (exact) mass is 459 g/mol. The minimum atomic E-state index is -0.318. The van der Waals surface area contributed by atoms with Gasteiger partial charge in [0.2, 0.25) is 17.8 Å². The van der Waals surface area contributed by atoms with Crippen LogP contribution < -0.4 is 15.5 Å². The van der Waals surface area contributed by atoms with E-state index in [1.165, 1.54) is 0 Å². The molecular weight excluding hydrogens is 438 g/mol. The van der Waals surface area contributed by atoms with Gasteiger partial charge in [-0.1, -0.05) is 48.5 Å². The number of amides is 2. The van der Waals surface area contributed by atoms with Crippen molar-refractivity contribution in [3.8, 4) is 5.69 Å². The van der Waals surface area contributed by atoms with Crippen LogP contribution in [0.15, 0.2) is 103 Å². The standard InChI is InChI=1S/C28H21N5O2/c34-25-18-26(35)33(24-15-10-19-6-4-5-9-23(19)27(24)31-25)22-13-11-21(12-14-22)32-17-16-29-28(32)30-20-7-2-1-3-8-20/h1-17H,18H2,(H,29,30)(H,31,34). The Morgan fingerprint density at radius 3 is 2.37 bits per heavy atom. The van der Waals surface area contributed by atoms with E-state index in [1.807, 2.05) is 102 Å². The molecule has 1 aromatic heterocycles. The van der Waals surface area contributed by atoms with Gasteiger partial charge in [0.05, 0.1) is 11.4 Å². The van der Waals surface area contributed by atoms with Crippen molar-refractivity contribution in [2.75, 3.05) is 15.5 Å². The van der Waals surface area contributed by atoms with E-state index in [1.54, 1.807) is 11.1 Å². The maximum Gasteiger partial charge on any atom is 0.241 e. The van der Waals surface area contributed by atoms with Crippen molar-refractivity contribution in [1.29, 1.82) is 0 Å². The number of hydrogen-bond acceptors (Lipinski definition) is 4. The first kappa shape index (κ1) is 20.7. The van der Waals surface area contributed by atoms with Gasteiger partial charge in [-0.05, 0) is 47.9 Å². The summed E-state index contributed by atoms with van der Waals surface area (Å²) in [5.74, 6) is 0.0847. The summed E-state index contributed by atoms with van der Waals surface area (Å²) in [7, 11) is 0. The lowest BCUT2D eigenvalue weighted by atomic mass is 10.1. The number of carbonyl (C=O) groups excluding carboxylic acids is 2. The van der Waals surface area contributed by atoms with Crippen molar-refractivity contribution in [3.63, 3.8) is 0 Å². The van der Waals surface area contributed by atoms with Crippen LogP contribution in [-0.4, -0.2) is 21.4 Å². The molecule has 35 heavy (non-hydrogen) atoms. The summed E-state index contributed by atoms with van der Waals surface area (Å²) >= 11 is 0. The van der Waals surface area contributed by atoms with Crippen LogP contribution in [0.4, 0.5) is 28.7 Å². The molecule has 7 heteroatoms. The van der Waals surface area contributed by atoms with Crippen LogP contribution in [0.5, 0.6) is 0 Å². The fraction of sp³-hybridized carbons (Fsp3) is 0.0357. The van der Waals surface area contributed by atoms with E-state index in [0.717, 1.165) is 22.1 Å². The molecule has 4 aromatic carbocycles. The minimum absolute atomic E-state index is 0.225. The molecule has 0 spiro atoms. The average Bonchev–Trinajstić information content (AvgIpc) is 3.29. The van der Waals surface area contributed by atoms with E-state index < -0.39 is 0 Å². The molecule has 0 unspecified atom stereocenters. The van der Waals surface area contributed by atoms with E-state index in [0.29, 0.717) is 23.0 Å². The molecule has 0 bridgehead atoms. The molecule has 2 amide bonds. The minimum Gasteiger partial charge on any atom is -0.325 e. The van der Waals surface area contributed by atoms with Crippen molar-refractivity contribution in [1.82, 2.24) is 9.55 Å². The molecule has 0 aliphatic carbocycles. The lowest BCUT2D eigenvalue weighted by molar-refractivity contribution is -0.124. The Kier molecular flexibility index (Phi) is 5.00. The summed E-state index contributed by atoms with van der Waals surface area (Å²) in [6, 6.07) is 29.1. The van der Waals surface area contributed by atoms with E-state index in [4.69, 9.17) is 0 Å². The summed E-state index contributed by atoms with van der Waals surface area (Å²) in [4.78, 5) is 31.7. The molecule has 0 saturated carbocycles. The van der Waals surface area contributed by atoms with Crippen molar-refractivity contribution < 1.29 is 9.59 Å². The lowest BCUT2D eigenvalue weighted by Gasteiger charge is -2.23. The number of imidazole rings is 1. The molecule has 1 aliphatic rings. The Hall–Kier alpha value is -4.91. The summed E-state index contributed by atoms with van der Waals surface area (Å²) in [5.41, 5.74) is 3.81. The Morgan fingerprint density at radius 2 is 1.54 bits per heavy atom. The van der Waals surface area contributed by atoms with E-state index in [2.05, 4.69) is 15.6 Å². The second-order valence-electron chi connectivity index (χ2n) is 8.26. The molecule has 0 radical (unpaired) electrons. The zero-order valence-electron chi connectivity index (χ0n) is 18.7. The molecule has 0 atom stereocenters. The van der Waals surface area contributed by atoms with Crippen molar-refractivity contribution >= 4 is 51.3 Å². The second-order valence-corrected chi connectivity index (χ2v) is 8.26. The number of rotatable bonds is 4. The molecule has 2 N–H and O–H groups in total. The molecule has 2 heterocycles. The number of nitrogens with one attached hydrogen (secondary N) is 2. The molecule has 0 saturated heterocycles. The van der Waals surface area contributed by atoms with Crippen LogP contribution in [0.2, 0.25) is 0 Å². The fourth-order valence-electron chi connectivity index (χ4n) is 4.41. The zero-order valence-corrected chi connectivity index (χ0v) is 18.7. The van der Waals surface area contributed by atoms with Gasteiger partial charge >= 0.3 is 0 Å². The SMILES string of the molecule is O=C1CC(=O)N(c2ccc(-n3ccnc3Nc3ccccc3)cc2)c2ccc3ccccc3c2N1. The Balaban J connectivity index is 1.38. The molecule has 1 aliphatic heterocycles. The molecule has 7 nitrogen and oxygen atoms in total. The van der Waals surface area contributed by atoms with Crippen LogP contribution in [0.3, 0.4) is 0 Å². The topological polar surface area (TPSA) is 79.3 Å². The largest absolute Gasteiger partial charge is 0.325 e. The molecule has 170 valence electrons. The highest BCUT2D eigenvalue weighted by molar-refractivity contribution is 6.21. The number of hydrogen-bond donors (Lipinski definition) is 2. The Bertz CT molecular complexity index is 1560. The van der Waals surface area contributed by atoms with Gasteiger partial charge in [0.1, 0.15) is 6.42 Å². The van der Waals surface area contributed by atoms with Crippen LogP contribution in [0.1, 0.15) is 6.42 Å². The van der Waals surface area contributed by atoms with Gasteiger partial charge in [0.15, 0.2) is 0 Å². The van der Waals surface area contributed by atoms with Gasteiger partial charge in [-0.15, -0.1) is 0 Å². The zero-order chi connectivity index (χ0) is 23.8. The third kappa shape index (κ3) is 3.79. The van der Waals surface area contributed by atoms with Gasteiger partial charge in [0.25, 0.3) is 0 Å². The first-order valence-electron chi connectivity index (χ1n) is 11.3. The number of carbonyl (C=O) groups is 2. The van der Waals surface area contributed by atoms with E-state index in [-0.39, 0.29) is 18.2 Å². The van der Waals surface area contributed by atoms with Crippen LogP contribution in [-0.2, 0) is 9.59 Å². The number of nitrogens with zero attached hydrogens (tertiary/aromatic N) is 3. The summed E-state index contributed by atoms with van der Waals surface area (Å²) in [6.45, 7) is 0. The number of anilines is 5. The van der Waals surface area contributed by atoms with E-state index >= 15 is 0 Å². The molecular formula is C28H21N5O2. The number of para-hydroxylation sites is 1. The smallest absolute Gasteiger partial charge is 0.241 e. The van der Waals surface area contributed by atoms with E-state index in [9.17, 15) is 9.59 Å². The average molecular weight is 460 g/mol. The number of aromatic nitrogens is 2. The lowest BCUT2D eigenvalue weighted by Crippen LogP contribution is -2.26. The summed E-state index contributed by atoms with van der Waals surface area (Å²) < 4.78 is 1.94. The second kappa shape index (κ2) is 8.46. The first-order chi connectivity index (χ1) is 17.2. The van der Waals surface area contributed by atoms with Crippen molar-refractivity contribution in [3.05, 3.63) is 103 Å². The third-order valence-corrected chi connectivity index (χ3v) is 6.03. The first-order valence-corrected chi connectivity index (χ1v) is 11.3. The van der Waals surface area contributed by atoms with Crippen LogP contribution in [0, 0.1) is 0 Å². The number of benzene rings is 4. The third-order valence-electron chi connectivity index (χ3n) is 6.03. The molecule has 5 aromatic rings. The highest BCUT2D eigenvalue weighted by Crippen LogP contribution is 2.40. The van der Waals surface area contributed by atoms with Crippen LogP contribution in [0.25, 0.3) is 16.5 Å². The van der Waals surface area contributed by atoms with Crippen LogP contribution >= 0.6 is 0 Å². The normalized spacial score (nSPS) is 13.3. The molecule has 0 fully saturated rings. The van der Waals surface area contributed by atoms with Gasteiger partial charge in [0, 0.05) is 34.8 Å². The summed E-state index contributed by atoms with van der Waals surface area (Å²) in [5, 5.41) is 8.15. The predicted octanol–water partition coefficient (Wildman–Crippen LogP) is 5.78. The highest BCUT2D eigenvalue weighted by atomic mass is 16.2. The number of fused-ring (bicyclic) bond motifs is 3. The van der Waals surface area contributed by atoms with Gasteiger partial charge < -0.3 is 10.6 Å². The highest BCUT2D eigenvalue weighted by Gasteiger charge is 2.28. The van der Waals surface area contributed by atoms with Gasteiger partial charge in [-0.3, -0.25) is 19.1 Å². The Labute approximate surface area is 201 Å². The van der Waals surface area contributed by atoms with Crippen molar-refractivity contribution in [2.24, 2.45) is 0 Å². The molecule has 6 rings (SSSR count). The fourth-order valence-corrected chi connectivity index (χ4v) is 4.41. The quantitative estimate of drug-likeness (QED) is 0.334. The maximum atomic E-state index is 13.1. The van der Waals surface area contributed by atoms with Gasteiger partial charge in [-0.25, -0.2) is 4.98 Å². The summed E-state index contributed by atoms with van der Waals surface area (Å²) in [6.07, 6.45) is 3.38. The van der Waals surface area contributed by atoms with Crippen molar-refractivity contribution in [2.45, 2.75) is 6.42 Å². The predicted molar refractivity (Wildman–Crippen MR) is 138 cm³/mol.